The predicted molar refractivity (Wildman–Crippen MR) is 71.8 cm³/mol. The summed E-state index contributed by atoms with van der Waals surface area (Å²) >= 11 is 0. The highest BCUT2D eigenvalue weighted by Gasteiger charge is 2.11. The van der Waals surface area contributed by atoms with E-state index in [9.17, 15) is 10.2 Å². The van der Waals surface area contributed by atoms with E-state index in [4.69, 9.17) is 5.11 Å². The number of unbranched alkanes of at least 4 members (excludes halogenated alkanes) is 3. The standard InChI is InChI=1S/C14H23NO3/c1-2-3-4-5-6-7-8-12-11-13(17)15(9-10-16)14(12)18/h6-7,11,16-18H,2-5,8-10H2,1H3. The maximum Gasteiger partial charge on any atom is 0.197 e. The van der Waals surface area contributed by atoms with Gasteiger partial charge in [0.05, 0.1) is 13.2 Å². The average Bonchev–Trinajstić information content (AvgIpc) is 2.62. The highest BCUT2D eigenvalue weighted by Crippen LogP contribution is 2.27. The molecule has 102 valence electrons. The van der Waals surface area contributed by atoms with Crippen molar-refractivity contribution < 1.29 is 15.3 Å². The molecule has 0 aliphatic carbocycles. The zero-order chi connectivity index (χ0) is 13.4. The zero-order valence-corrected chi connectivity index (χ0v) is 11.0. The lowest BCUT2D eigenvalue weighted by atomic mass is 10.1. The van der Waals surface area contributed by atoms with Crippen molar-refractivity contribution in [1.82, 2.24) is 4.57 Å². The molecule has 0 atom stereocenters. The summed E-state index contributed by atoms with van der Waals surface area (Å²) < 4.78 is 1.31. The fourth-order valence-electron chi connectivity index (χ4n) is 1.89. The summed E-state index contributed by atoms with van der Waals surface area (Å²) in [6.07, 6.45) is 9.41. The third kappa shape index (κ3) is 4.11. The third-order valence-electron chi connectivity index (χ3n) is 2.93. The molecule has 0 spiro atoms. The van der Waals surface area contributed by atoms with Crippen LogP contribution in [0.3, 0.4) is 0 Å². The summed E-state index contributed by atoms with van der Waals surface area (Å²) in [5.41, 5.74) is 0.688. The van der Waals surface area contributed by atoms with Crippen molar-refractivity contribution in [2.24, 2.45) is 0 Å². The van der Waals surface area contributed by atoms with Crippen LogP contribution in [-0.2, 0) is 13.0 Å². The maximum absolute atomic E-state index is 9.84. The van der Waals surface area contributed by atoms with Gasteiger partial charge in [-0.15, -0.1) is 0 Å². The van der Waals surface area contributed by atoms with E-state index in [0.717, 1.165) is 6.42 Å². The van der Waals surface area contributed by atoms with Crippen LogP contribution in [0.2, 0.25) is 0 Å². The lowest BCUT2D eigenvalue weighted by Crippen LogP contribution is -2.00. The lowest BCUT2D eigenvalue weighted by Gasteiger charge is -2.03. The molecule has 0 amide bonds. The number of nitrogens with zero attached hydrogens (tertiary/aromatic N) is 1. The number of allylic oxidation sites excluding steroid dienone is 2. The number of rotatable bonds is 8. The molecule has 0 unspecified atom stereocenters. The van der Waals surface area contributed by atoms with E-state index in [2.05, 4.69) is 13.0 Å². The van der Waals surface area contributed by atoms with Gasteiger partial charge in [-0.25, -0.2) is 0 Å². The quantitative estimate of drug-likeness (QED) is 0.493. The van der Waals surface area contributed by atoms with Gasteiger partial charge in [0.1, 0.15) is 0 Å². The Bertz CT molecular complexity index is 383. The van der Waals surface area contributed by atoms with Gasteiger partial charge in [0.15, 0.2) is 11.8 Å². The fourth-order valence-corrected chi connectivity index (χ4v) is 1.89. The summed E-state index contributed by atoms with van der Waals surface area (Å²) in [6, 6.07) is 1.54. The number of hydrogen-bond donors (Lipinski definition) is 3. The SMILES string of the molecule is CCCCCC=CCc1cc(O)n(CCO)c1O. The number of aliphatic hydroxyl groups excluding tert-OH is 1. The van der Waals surface area contributed by atoms with Gasteiger partial charge in [0, 0.05) is 11.6 Å². The topological polar surface area (TPSA) is 65.6 Å². The summed E-state index contributed by atoms with van der Waals surface area (Å²) in [5.74, 6) is 0.0377. The average molecular weight is 253 g/mol. The minimum Gasteiger partial charge on any atom is -0.494 e. The molecule has 0 fully saturated rings. The first-order chi connectivity index (χ1) is 8.70. The van der Waals surface area contributed by atoms with Gasteiger partial charge in [-0.3, -0.25) is 4.57 Å². The number of hydrogen-bond acceptors (Lipinski definition) is 3. The van der Waals surface area contributed by atoms with Gasteiger partial charge < -0.3 is 15.3 Å². The minimum absolute atomic E-state index is 0.00377. The summed E-state index contributed by atoms with van der Waals surface area (Å²) in [4.78, 5) is 0. The van der Waals surface area contributed by atoms with Crippen LogP contribution in [-0.4, -0.2) is 26.5 Å². The van der Waals surface area contributed by atoms with Crippen LogP contribution in [0.25, 0.3) is 0 Å². The van der Waals surface area contributed by atoms with Crippen LogP contribution in [0.1, 0.15) is 38.2 Å². The van der Waals surface area contributed by atoms with Crippen LogP contribution in [0, 0.1) is 0 Å². The van der Waals surface area contributed by atoms with Gasteiger partial charge >= 0.3 is 0 Å². The van der Waals surface area contributed by atoms with Gasteiger partial charge in [-0.05, 0) is 19.3 Å². The molecule has 0 aliphatic rings. The molecule has 1 heterocycles. The maximum atomic E-state index is 9.84. The molecule has 0 aromatic carbocycles. The van der Waals surface area contributed by atoms with Crippen LogP contribution in [0.4, 0.5) is 0 Å². The lowest BCUT2D eigenvalue weighted by molar-refractivity contribution is 0.256. The van der Waals surface area contributed by atoms with E-state index >= 15 is 0 Å². The second-order valence-corrected chi connectivity index (χ2v) is 4.40. The Labute approximate surface area is 108 Å². The molecule has 4 nitrogen and oxygen atoms in total. The highest BCUT2D eigenvalue weighted by molar-refractivity contribution is 5.36. The monoisotopic (exact) mass is 253 g/mol. The Balaban J connectivity index is 2.49. The smallest absolute Gasteiger partial charge is 0.197 e. The first-order valence-corrected chi connectivity index (χ1v) is 6.56. The zero-order valence-electron chi connectivity index (χ0n) is 11.0. The summed E-state index contributed by atoms with van der Waals surface area (Å²) in [7, 11) is 0. The molecule has 1 aromatic rings. The Morgan fingerprint density at radius 2 is 2.00 bits per heavy atom. The first kappa shape index (κ1) is 14.6. The van der Waals surface area contributed by atoms with Crippen molar-refractivity contribution >= 4 is 0 Å². The second-order valence-electron chi connectivity index (χ2n) is 4.40. The van der Waals surface area contributed by atoms with E-state index in [1.165, 1.54) is 23.8 Å². The van der Waals surface area contributed by atoms with E-state index in [1.54, 1.807) is 6.07 Å². The van der Waals surface area contributed by atoms with Crippen LogP contribution < -0.4 is 0 Å². The Hall–Kier alpha value is -1.42. The molecule has 0 bridgehead atoms. The Morgan fingerprint density at radius 1 is 1.22 bits per heavy atom. The van der Waals surface area contributed by atoms with Gasteiger partial charge in [-0.2, -0.15) is 0 Å². The molecule has 4 heteroatoms. The molecule has 0 aliphatic heterocycles. The number of aromatic nitrogens is 1. The summed E-state index contributed by atoms with van der Waals surface area (Å²) in [5, 5.41) is 28.2. The third-order valence-corrected chi connectivity index (χ3v) is 2.93. The van der Waals surface area contributed by atoms with Crippen LogP contribution >= 0.6 is 0 Å². The number of aromatic hydroxyl groups is 2. The van der Waals surface area contributed by atoms with Crippen molar-refractivity contribution in [2.45, 2.75) is 45.6 Å². The van der Waals surface area contributed by atoms with Crippen molar-refractivity contribution in [3.8, 4) is 11.8 Å². The number of aliphatic hydroxyl groups is 1. The molecule has 1 aromatic heterocycles. The second kappa shape index (κ2) is 7.82. The normalized spacial score (nSPS) is 11.4. The molecule has 3 N–H and O–H groups in total. The molecule has 18 heavy (non-hydrogen) atoms. The van der Waals surface area contributed by atoms with Crippen molar-refractivity contribution in [3.63, 3.8) is 0 Å². The van der Waals surface area contributed by atoms with Crippen molar-refractivity contribution in [1.29, 1.82) is 0 Å². The van der Waals surface area contributed by atoms with E-state index < -0.39 is 0 Å². The summed E-state index contributed by atoms with van der Waals surface area (Å²) in [6.45, 7) is 2.27. The fraction of sp³-hybridized carbons (Fsp3) is 0.571. The van der Waals surface area contributed by atoms with E-state index in [1.807, 2.05) is 6.08 Å². The molecule has 0 radical (unpaired) electrons. The largest absolute Gasteiger partial charge is 0.494 e. The van der Waals surface area contributed by atoms with E-state index in [0.29, 0.717) is 12.0 Å². The Morgan fingerprint density at radius 3 is 2.67 bits per heavy atom. The van der Waals surface area contributed by atoms with Gasteiger partial charge in [-0.1, -0.05) is 31.9 Å². The minimum atomic E-state index is -0.109. The van der Waals surface area contributed by atoms with Crippen molar-refractivity contribution in [3.05, 3.63) is 23.8 Å². The highest BCUT2D eigenvalue weighted by atomic mass is 16.3. The van der Waals surface area contributed by atoms with Gasteiger partial charge in [0.25, 0.3) is 0 Å². The van der Waals surface area contributed by atoms with Gasteiger partial charge in [0.2, 0.25) is 0 Å². The molecular formula is C14H23NO3. The van der Waals surface area contributed by atoms with Crippen LogP contribution in [0.5, 0.6) is 11.8 Å². The van der Waals surface area contributed by atoms with E-state index in [-0.39, 0.29) is 24.9 Å². The molecule has 0 saturated carbocycles. The van der Waals surface area contributed by atoms with Crippen LogP contribution in [0.15, 0.2) is 18.2 Å². The Kier molecular flexibility index (Phi) is 6.36. The predicted octanol–water partition coefficient (Wildman–Crippen LogP) is 2.57. The molecular weight excluding hydrogens is 230 g/mol. The first-order valence-electron chi connectivity index (χ1n) is 6.56. The molecule has 0 saturated heterocycles. The molecule has 1 rings (SSSR count). The van der Waals surface area contributed by atoms with Crippen molar-refractivity contribution in [2.75, 3.05) is 6.61 Å².